The predicted molar refractivity (Wildman–Crippen MR) is 73.3 cm³/mol. The number of ether oxygens (including phenoxy) is 1. The van der Waals surface area contributed by atoms with Crippen molar-refractivity contribution in [2.45, 2.75) is 64.0 Å². The van der Waals surface area contributed by atoms with E-state index in [-0.39, 0.29) is 17.6 Å². The minimum atomic E-state index is -0.175. The average molecular weight is 256 g/mol. The average Bonchev–Trinajstić information content (AvgIpc) is 2.38. The van der Waals surface area contributed by atoms with Gasteiger partial charge >= 0.3 is 0 Å². The van der Waals surface area contributed by atoms with E-state index in [1.807, 2.05) is 6.92 Å². The number of amides is 1. The molecule has 0 aromatic heterocycles. The molecule has 3 unspecified atom stereocenters. The van der Waals surface area contributed by atoms with E-state index < -0.39 is 0 Å². The standard InChI is InChI=1S/C14H28N2O2/c1-11-6-4-5-9-14(11,10-15)16-13(17)8-7-12(2)18-3/h11-12H,4-10,15H2,1-3H3,(H,16,17). The van der Waals surface area contributed by atoms with E-state index in [0.29, 0.717) is 18.9 Å². The molecule has 106 valence electrons. The molecule has 1 aliphatic carbocycles. The monoisotopic (exact) mass is 256 g/mol. The van der Waals surface area contributed by atoms with Gasteiger partial charge in [0, 0.05) is 20.1 Å². The first kappa shape index (κ1) is 15.4. The Morgan fingerprint density at radius 3 is 2.83 bits per heavy atom. The number of nitrogens with two attached hydrogens (primary N) is 1. The maximum atomic E-state index is 12.0. The second kappa shape index (κ2) is 7.10. The zero-order valence-electron chi connectivity index (χ0n) is 12.0. The van der Waals surface area contributed by atoms with Crippen LogP contribution in [0.1, 0.15) is 52.4 Å². The second-order valence-electron chi connectivity index (χ2n) is 5.64. The summed E-state index contributed by atoms with van der Waals surface area (Å²) in [5.74, 6) is 0.582. The summed E-state index contributed by atoms with van der Waals surface area (Å²) in [4.78, 5) is 12.0. The van der Waals surface area contributed by atoms with Crippen LogP contribution in [0.5, 0.6) is 0 Å². The highest BCUT2D eigenvalue weighted by Crippen LogP contribution is 2.32. The van der Waals surface area contributed by atoms with Crippen LogP contribution in [0.15, 0.2) is 0 Å². The summed E-state index contributed by atoms with van der Waals surface area (Å²) in [6.07, 6.45) is 5.99. The van der Waals surface area contributed by atoms with Crippen LogP contribution in [0.4, 0.5) is 0 Å². The highest BCUT2D eigenvalue weighted by atomic mass is 16.5. The van der Waals surface area contributed by atoms with Crippen molar-refractivity contribution >= 4 is 5.91 Å². The molecule has 1 aliphatic rings. The molecule has 0 spiro atoms. The van der Waals surface area contributed by atoms with Crippen molar-refractivity contribution in [1.29, 1.82) is 0 Å². The van der Waals surface area contributed by atoms with Crippen molar-refractivity contribution in [3.63, 3.8) is 0 Å². The van der Waals surface area contributed by atoms with Gasteiger partial charge in [0.05, 0.1) is 11.6 Å². The van der Waals surface area contributed by atoms with Crippen molar-refractivity contribution in [2.75, 3.05) is 13.7 Å². The van der Waals surface area contributed by atoms with Gasteiger partial charge in [0.1, 0.15) is 0 Å². The summed E-state index contributed by atoms with van der Waals surface area (Å²) in [7, 11) is 1.67. The molecule has 1 amide bonds. The van der Waals surface area contributed by atoms with E-state index in [1.54, 1.807) is 7.11 Å². The molecule has 4 heteroatoms. The Bertz CT molecular complexity index is 271. The molecule has 1 saturated carbocycles. The van der Waals surface area contributed by atoms with Crippen LogP contribution in [0.25, 0.3) is 0 Å². The summed E-state index contributed by atoms with van der Waals surface area (Å²) in [5, 5.41) is 3.19. The van der Waals surface area contributed by atoms with Gasteiger partial charge in [-0.25, -0.2) is 0 Å². The maximum Gasteiger partial charge on any atom is 0.220 e. The molecule has 4 nitrogen and oxygen atoms in total. The van der Waals surface area contributed by atoms with Crippen molar-refractivity contribution in [3.05, 3.63) is 0 Å². The number of methoxy groups -OCH3 is 1. The topological polar surface area (TPSA) is 64.3 Å². The van der Waals surface area contributed by atoms with Crippen LogP contribution in [-0.4, -0.2) is 31.2 Å². The minimum absolute atomic E-state index is 0.109. The fourth-order valence-corrected chi connectivity index (χ4v) is 2.75. The molecule has 0 aromatic carbocycles. The first-order valence-corrected chi connectivity index (χ1v) is 7.08. The van der Waals surface area contributed by atoms with Crippen LogP contribution in [0, 0.1) is 5.92 Å². The van der Waals surface area contributed by atoms with Gasteiger partial charge in [-0.2, -0.15) is 0 Å². The molecular formula is C14H28N2O2. The van der Waals surface area contributed by atoms with Crippen LogP contribution in [0.2, 0.25) is 0 Å². The number of carbonyl (C=O) groups excluding carboxylic acids is 1. The molecule has 0 heterocycles. The number of rotatable bonds is 6. The van der Waals surface area contributed by atoms with E-state index in [4.69, 9.17) is 10.5 Å². The van der Waals surface area contributed by atoms with Gasteiger partial charge in [-0.05, 0) is 32.1 Å². The lowest BCUT2D eigenvalue weighted by atomic mass is 9.73. The summed E-state index contributed by atoms with van der Waals surface area (Å²) in [6, 6.07) is 0. The molecule has 0 radical (unpaired) electrons. The van der Waals surface area contributed by atoms with Gasteiger partial charge in [-0.15, -0.1) is 0 Å². The van der Waals surface area contributed by atoms with E-state index >= 15 is 0 Å². The molecule has 0 bridgehead atoms. The van der Waals surface area contributed by atoms with E-state index in [2.05, 4.69) is 12.2 Å². The predicted octanol–water partition coefficient (Wildman–Crippen LogP) is 1.83. The van der Waals surface area contributed by atoms with Crippen LogP contribution in [-0.2, 0) is 9.53 Å². The van der Waals surface area contributed by atoms with Crippen molar-refractivity contribution in [3.8, 4) is 0 Å². The van der Waals surface area contributed by atoms with Crippen LogP contribution >= 0.6 is 0 Å². The maximum absolute atomic E-state index is 12.0. The molecule has 3 atom stereocenters. The Morgan fingerprint density at radius 1 is 1.56 bits per heavy atom. The highest BCUT2D eigenvalue weighted by Gasteiger charge is 2.37. The molecule has 0 saturated heterocycles. The molecule has 0 aromatic rings. The van der Waals surface area contributed by atoms with Gasteiger partial charge in [-0.3, -0.25) is 4.79 Å². The zero-order valence-corrected chi connectivity index (χ0v) is 12.0. The fourth-order valence-electron chi connectivity index (χ4n) is 2.75. The lowest BCUT2D eigenvalue weighted by Crippen LogP contribution is -2.59. The van der Waals surface area contributed by atoms with Gasteiger partial charge in [-0.1, -0.05) is 19.8 Å². The van der Waals surface area contributed by atoms with Crippen LogP contribution < -0.4 is 11.1 Å². The third kappa shape index (κ3) is 3.95. The lowest BCUT2D eigenvalue weighted by Gasteiger charge is -2.42. The highest BCUT2D eigenvalue weighted by molar-refractivity contribution is 5.76. The zero-order chi connectivity index (χ0) is 13.6. The molecule has 0 aliphatic heterocycles. The van der Waals surface area contributed by atoms with Gasteiger partial charge < -0.3 is 15.8 Å². The number of nitrogens with one attached hydrogen (secondary N) is 1. The summed E-state index contributed by atoms with van der Waals surface area (Å²) >= 11 is 0. The molecule has 1 rings (SSSR count). The number of carbonyl (C=O) groups is 1. The minimum Gasteiger partial charge on any atom is -0.382 e. The largest absolute Gasteiger partial charge is 0.382 e. The SMILES string of the molecule is COC(C)CCC(=O)NC1(CN)CCCCC1C. The molecule has 18 heavy (non-hydrogen) atoms. The quantitative estimate of drug-likeness (QED) is 0.762. The molecular weight excluding hydrogens is 228 g/mol. The summed E-state index contributed by atoms with van der Waals surface area (Å²) < 4.78 is 5.16. The van der Waals surface area contributed by atoms with Gasteiger partial charge in [0.15, 0.2) is 0 Å². The Hall–Kier alpha value is -0.610. The molecule has 3 N–H and O–H groups in total. The van der Waals surface area contributed by atoms with E-state index in [1.165, 1.54) is 6.42 Å². The van der Waals surface area contributed by atoms with Gasteiger partial charge in [0.2, 0.25) is 5.91 Å². The second-order valence-corrected chi connectivity index (χ2v) is 5.64. The first-order valence-electron chi connectivity index (χ1n) is 7.08. The van der Waals surface area contributed by atoms with E-state index in [0.717, 1.165) is 25.7 Å². The Labute approximate surface area is 111 Å². The summed E-state index contributed by atoms with van der Waals surface area (Å²) in [5.41, 5.74) is 5.74. The summed E-state index contributed by atoms with van der Waals surface area (Å²) in [6.45, 7) is 4.72. The van der Waals surface area contributed by atoms with Gasteiger partial charge in [0.25, 0.3) is 0 Å². The third-order valence-electron chi connectivity index (χ3n) is 4.39. The number of hydrogen-bond acceptors (Lipinski definition) is 3. The van der Waals surface area contributed by atoms with Crippen molar-refractivity contribution in [1.82, 2.24) is 5.32 Å². The Balaban J connectivity index is 2.49. The first-order chi connectivity index (χ1) is 8.54. The number of hydrogen-bond donors (Lipinski definition) is 2. The fraction of sp³-hybridized carbons (Fsp3) is 0.929. The third-order valence-corrected chi connectivity index (χ3v) is 4.39. The van der Waals surface area contributed by atoms with Crippen molar-refractivity contribution in [2.24, 2.45) is 11.7 Å². The molecule has 1 fully saturated rings. The smallest absolute Gasteiger partial charge is 0.220 e. The Morgan fingerprint density at radius 2 is 2.28 bits per heavy atom. The normalized spacial score (nSPS) is 29.9. The van der Waals surface area contributed by atoms with E-state index in [9.17, 15) is 4.79 Å². The Kier molecular flexibility index (Phi) is 6.09. The van der Waals surface area contributed by atoms with Crippen molar-refractivity contribution < 1.29 is 9.53 Å². The lowest BCUT2D eigenvalue weighted by molar-refractivity contribution is -0.124. The van der Waals surface area contributed by atoms with Crippen LogP contribution in [0.3, 0.4) is 0 Å².